The Balaban J connectivity index is 2.02. The van der Waals surface area contributed by atoms with Gasteiger partial charge in [0.2, 0.25) is 0 Å². The van der Waals surface area contributed by atoms with Crippen LogP contribution in [0.25, 0.3) is 17.4 Å². The van der Waals surface area contributed by atoms with Crippen LogP contribution in [0.4, 0.5) is 0 Å². The van der Waals surface area contributed by atoms with Gasteiger partial charge in [-0.05, 0) is 42.8 Å². The lowest BCUT2D eigenvalue weighted by Gasteiger charge is -2.26. The number of rotatable bonds is 5. The molecule has 28 heavy (non-hydrogen) atoms. The lowest BCUT2D eigenvalue weighted by molar-refractivity contribution is -0.141. The number of furan rings is 1. The summed E-state index contributed by atoms with van der Waals surface area (Å²) in [4.78, 5) is 26.2. The van der Waals surface area contributed by atoms with E-state index in [1.807, 2.05) is 24.3 Å². The summed E-state index contributed by atoms with van der Waals surface area (Å²) in [6.45, 7) is 1.82. The number of amides is 2. The third-order valence-corrected chi connectivity index (χ3v) is 4.73. The van der Waals surface area contributed by atoms with Gasteiger partial charge in [-0.25, -0.2) is 0 Å². The molecule has 142 valence electrons. The van der Waals surface area contributed by atoms with Crippen LogP contribution in [-0.4, -0.2) is 37.0 Å². The second-order valence-corrected chi connectivity index (χ2v) is 6.51. The predicted octanol–water partition coefficient (Wildman–Crippen LogP) is 3.84. The van der Waals surface area contributed by atoms with Crippen LogP contribution in [0.1, 0.15) is 12.7 Å². The number of imide groups is 1. The van der Waals surface area contributed by atoms with E-state index in [0.717, 1.165) is 10.5 Å². The smallest absolute Gasteiger partial charge is 0.271 e. The van der Waals surface area contributed by atoms with Crippen LogP contribution >= 0.6 is 11.6 Å². The molecule has 7 heteroatoms. The average molecular weight is 397 g/mol. The van der Waals surface area contributed by atoms with Crippen molar-refractivity contribution in [2.24, 2.45) is 0 Å². The van der Waals surface area contributed by atoms with Gasteiger partial charge in [-0.15, -0.1) is 0 Å². The number of nitrogens with zero attached hydrogens (tertiary/aromatic N) is 2. The molecule has 1 aliphatic heterocycles. The lowest BCUT2D eigenvalue weighted by atomic mass is 9.95. The van der Waals surface area contributed by atoms with E-state index >= 15 is 0 Å². The fourth-order valence-corrected chi connectivity index (χ4v) is 3.12. The van der Waals surface area contributed by atoms with Gasteiger partial charge >= 0.3 is 0 Å². The molecule has 0 bridgehead atoms. The molecule has 0 N–H and O–H groups in total. The standard InChI is InChI=1S/C21H17ClN2O4/c1-13-16(20(25)24(9-10-27-2)21(26)17(13)12-23)11-14-7-8-19(28-14)15-5-3-4-6-18(15)22/h3-8,11H,9-10H2,1-2H3/b16-11+. The highest BCUT2D eigenvalue weighted by Gasteiger charge is 2.35. The fourth-order valence-electron chi connectivity index (χ4n) is 2.89. The van der Waals surface area contributed by atoms with Crippen LogP contribution in [0, 0.1) is 11.3 Å². The molecule has 0 radical (unpaired) electrons. The summed E-state index contributed by atoms with van der Waals surface area (Å²) in [7, 11) is 1.47. The number of benzene rings is 1. The fraction of sp³-hybridized carbons (Fsp3) is 0.190. The Hall–Kier alpha value is -3.14. The molecule has 0 saturated carbocycles. The normalized spacial score (nSPS) is 16.1. The molecule has 2 amide bonds. The third-order valence-electron chi connectivity index (χ3n) is 4.40. The molecular formula is C21H17ClN2O4. The summed E-state index contributed by atoms with van der Waals surface area (Å²) in [6, 6.07) is 12.6. The Morgan fingerprint density at radius 1 is 1.21 bits per heavy atom. The molecule has 1 aromatic carbocycles. The Bertz CT molecular complexity index is 1040. The monoisotopic (exact) mass is 396 g/mol. The minimum atomic E-state index is -0.615. The van der Waals surface area contributed by atoms with E-state index in [9.17, 15) is 14.9 Å². The molecule has 0 fully saturated rings. The molecule has 1 aromatic heterocycles. The minimum Gasteiger partial charge on any atom is -0.457 e. The molecule has 0 atom stereocenters. The average Bonchev–Trinajstić information content (AvgIpc) is 3.14. The number of hydrogen-bond acceptors (Lipinski definition) is 5. The quantitative estimate of drug-likeness (QED) is 0.566. The van der Waals surface area contributed by atoms with Crippen molar-refractivity contribution >= 4 is 29.5 Å². The van der Waals surface area contributed by atoms with Crippen LogP contribution in [-0.2, 0) is 14.3 Å². The zero-order valence-electron chi connectivity index (χ0n) is 15.4. The largest absolute Gasteiger partial charge is 0.457 e. The highest BCUT2D eigenvalue weighted by molar-refractivity contribution is 6.33. The maximum absolute atomic E-state index is 12.8. The summed E-state index contributed by atoms with van der Waals surface area (Å²) in [6.07, 6.45) is 1.53. The number of ether oxygens (including phenoxy) is 1. The van der Waals surface area contributed by atoms with Gasteiger partial charge in [0.1, 0.15) is 23.2 Å². The molecule has 2 heterocycles. The predicted molar refractivity (Wildman–Crippen MR) is 104 cm³/mol. The minimum absolute atomic E-state index is 0.0625. The van der Waals surface area contributed by atoms with Crippen LogP contribution in [0.2, 0.25) is 5.02 Å². The third kappa shape index (κ3) is 3.63. The first-order valence-corrected chi connectivity index (χ1v) is 8.88. The number of carbonyl (C=O) groups excluding carboxylic acids is 2. The maximum atomic E-state index is 12.8. The van der Waals surface area contributed by atoms with Crippen molar-refractivity contribution in [1.82, 2.24) is 4.90 Å². The van der Waals surface area contributed by atoms with E-state index in [2.05, 4.69) is 0 Å². The summed E-state index contributed by atoms with van der Waals surface area (Å²) >= 11 is 6.20. The number of nitriles is 1. The molecule has 0 saturated heterocycles. The van der Waals surface area contributed by atoms with Gasteiger partial charge < -0.3 is 9.15 Å². The Morgan fingerprint density at radius 3 is 2.64 bits per heavy atom. The molecule has 0 aliphatic carbocycles. The van der Waals surface area contributed by atoms with Gasteiger partial charge in [-0.2, -0.15) is 5.26 Å². The lowest BCUT2D eigenvalue weighted by Crippen LogP contribution is -2.44. The molecule has 6 nitrogen and oxygen atoms in total. The van der Waals surface area contributed by atoms with Crippen LogP contribution in [0.5, 0.6) is 0 Å². The Kier molecular flexibility index (Phi) is 5.78. The van der Waals surface area contributed by atoms with E-state index in [1.54, 1.807) is 25.1 Å². The number of carbonyl (C=O) groups is 2. The van der Waals surface area contributed by atoms with E-state index in [1.165, 1.54) is 13.2 Å². The Labute approximate surface area is 167 Å². The van der Waals surface area contributed by atoms with Crippen molar-refractivity contribution in [2.45, 2.75) is 6.92 Å². The van der Waals surface area contributed by atoms with Crippen molar-refractivity contribution < 1.29 is 18.7 Å². The van der Waals surface area contributed by atoms with E-state index in [-0.39, 0.29) is 24.3 Å². The van der Waals surface area contributed by atoms with Crippen molar-refractivity contribution in [1.29, 1.82) is 5.26 Å². The second-order valence-electron chi connectivity index (χ2n) is 6.11. The number of methoxy groups -OCH3 is 1. The van der Waals surface area contributed by atoms with Gasteiger partial charge in [0.15, 0.2) is 0 Å². The molecule has 0 spiro atoms. The molecule has 3 rings (SSSR count). The highest BCUT2D eigenvalue weighted by atomic mass is 35.5. The summed E-state index contributed by atoms with van der Waals surface area (Å²) < 4.78 is 10.8. The number of hydrogen-bond donors (Lipinski definition) is 0. The van der Waals surface area contributed by atoms with Gasteiger partial charge in [0.25, 0.3) is 11.8 Å². The van der Waals surface area contributed by atoms with Gasteiger partial charge in [0.05, 0.1) is 18.2 Å². The summed E-state index contributed by atoms with van der Waals surface area (Å²) in [5, 5.41) is 9.91. The molecule has 1 aliphatic rings. The first-order chi connectivity index (χ1) is 13.5. The topological polar surface area (TPSA) is 83.5 Å². The SMILES string of the molecule is COCCN1C(=O)C(C#N)=C(C)/C(=C\c2ccc(-c3ccccc3Cl)o2)C1=O. The van der Waals surface area contributed by atoms with E-state index in [0.29, 0.717) is 22.1 Å². The summed E-state index contributed by atoms with van der Waals surface area (Å²) in [5.74, 6) is -0.143. The zero-order valence-corrected chi connectivity index (χ0v) is 16.1. The highest BCUT2D eigenvalue weighted by Crippen LogP contribution is 2.31. The first-order valence-electron chi connectivity index (χ1n) is 8.50. The van der Waals surface area contributed by atoms with Crippen molar-refractivity contribution in [3.05, 3.63) is 63.9 Å². The van der Waals surface area contributed by atoms with Gasteiger partial charge in [0, 0.05) is 18.2 Å². The number of halogens is 1. The van der Waals surface area contributed by atoms with Crippen LogP contribution < -0.4 is 0 Å². The van der Waals surface area contributed by atoms with Gasteiger partial charge in [-0.3, -0.25) is 14.5 Å². The second kappa shape index (κ2) is 8.26. The Morgan fingerprint density at radius 2 is 1.96 bits per heavy atom. The summed E-state index contributed by atoms with van der Waals surface area (Å²) in [5.41, 5.74) is 1.21. The first kappa shape index (κ1) is 19.6. The van der Waals surface area contributed by atoms with E-state index in [4.69, 9.17) is 20.8 Å². The van der Waals surface area contributed by atoms with E-state index < -0.39 is 11.8 Å². The molecule has 0 unspecified atom stereocenters. The van der Waals surface area contributed by atoms with Crippen molar-refractivity contribution in [2.75, 3.05) is 20.3 Å². The van der Waals surface area contributed by atoms with Crippen LogP contribution in [0.3, 0.4) is 0 Å². The maximum Gasteiger partial charge on any atom is 0.271 e. The molecule has 2 aromatic rings. The molecular weight excluding hydrogens is 380 g/mol. The van der Waals surface area contributed by atoms with Crippen molar-refractivity contribution in [3.8, 4) is 17.4 Å². The van der Waals surface area contributed by atoms with Gasteiger partial charge in [-0.1, -0.05) is 23.7 Å². The van der Waals surface area contributed by atoms with Crippen molar-refractivity contribution in [3.63, 3.8) is 0 Å². The zero-order chi connectivity index (χ0) is 20.3. The van der Waals surface area contributed by atoms with Crippen LogP contribution in [0.15, 0.2) is 57.5 Å².